The molecule has 1 fully saturated rings. The smallest absolute Gasteiger partial charge is 0.333 e. The van der Waals surface area contributed by atoms with Crippen LogP contribution in [0.3, 0.4) is 0 Å². The topological polar surface area (TPSA) is 73.6 Å². The van der Waals surface area contributed by atoms with Gasteiger partial charge in [0.2, 0.25) is 0 Å². The zero-order valence-corrected chi connectivity index (χ0v) is 10.9. The maximum Gasteiger partial charge on any atom is 0.333 e. The summed E-state index contributed by atoms with van der Waals surface area (Å²) in [6.45, 7) is 1.98. The van der Waals surface area contributed by atoms with Crippen molar-refractivity contribution in [3.63, 3.8) is 0 Å². The number of rotatable bonds is 5. The second kappa shape index (κ2) is 6.38. The molecular formula is C13H18N2O4. The van der Waals surface area contributed by atoms with Crippen molar-refractivity contribution in [1.29, 1.82) is 0 Å². The van der Waals surface area contributed by atoms with Crippen LogP contribution in [0.5, 0.6) is 5.75 Å². The molecule has 1 saturated heterocycles. The third-order valence-corrected chi connectivity index (χ3v) is 3.27. The van der Waals surface area contributed by atoms with E-state index in [4.69, 9.17) is 9.47 Å². The molecule has 104 valence electrons. The molecule has 1 heterocycles. The average molecular weight is 266 g/mol. The van der Waals surface area contributed by atoms with Crippen molar-refractivity contribution < 1.29 is 14.4 Å². The number of benzene rings is 1. The number of anilines is 1. The number of nitro benzene ring substituents is 1. The van der Waals surface area contributed by atoms with E-state index in [1.165, 1.54) is 0 Å². The van der Waals surface area contributed by atoms with Crippen LogP contribution in [-0.4, -0.2) is 31.8 Å². The maximum absolute atomic E-state index is 11.1. The van der Waals surface area contributed by atoms with Gasteiger partial charge in [0.1, 0.15) is 5.69 Å². The van der Waals surface area contributed by atoms with Gasteiger partial charge in [-0.3, -0.25) is 10.1 Å². The highest BCUT2D eigenvalue weighted by atomic mass is 16.6. The minimum Gasteiger partial charge on any atom is -0.486 e. The Balaban J connectivity index is 2.08. The summed E-state index contributed by atoms with van der Waals surface area (Å²) < 4.78 is 10.9. The number of nitro groups is 1. The molecule has 0 amide bonds. The predicted molar refractivity (Wildman–Crippen MR) is 71.7 cm³/mol. The van der Waals surface area contributed by atoms with Crippen molar-refractivity contribution in [2.75, 3.05) is 32.2 Å². The summed E-state index contributed by atoms with van der Waals surface area (Å²) in [6.07, 6.45) is 1.89. The van der Waals surface area contributed by atoms with E-state index < -0.39 is 4.92 Å². The van der Waals surface area contributed by atoms with Crippen LogP contribution in [0.4, 0.5) is 11.4 Å². The molecule has 0 saturated carbocycles. The van der Waals surface area contributed by atoms with E-state index in [0.29, 0.717) is 24.0 Å². The Morgan fingerprint density at radius 1 is 1.47 bits per heavy atom. The Labute approximate surface area is 111 Å². The molecule has 19 heavy (non-hydrogen) atoms. The van der Waals surface area contributed by atoms with Crippen LogP contribution in [0, 0.1) is 16.0 Å². The highest BCUT2D eigenvalue weighted by Gasteiger charge is 2.22. The molecule has 1 aromatic rings. The van der Waals surface area contributed by atoms with E-state index in [9.17, 15) is 10.1 Å². The summed E-state index contributed by atoms with van der Waals surface area (Å²) in [6, 6.07) is 5.05. The van der Waals surface area contributed by atoms with Crippen LogP contribution in [0.15, 0.2) is 18.2 Å². The van der Waals surface area contributed by atoms with E-state index in [1.807, 2.05) is 0 Å². The summed E-state index contributed by atoms with van der Waals surface area (Å²) in [5, 5.41) is 13.9. The first-order valence-corrected chi connectivity index (χ1v) is 6.38. The van der Waals surface area contributed by atoms with Gasteiger partial charge in [0.25, 0.3) is 0 Å². The van der Waals surface area contributed by atoms with Gasteiger partial charge in [0.05, 0.1) is 11.5 Å². The van der Waals surface area contributed by atoms with Gasteiger partial charge in [-0.05, 0) is 30.9 Å². The molecular weight excluding hydrogens is 248 g/mol. The Morgan fingerprint density at radius 3 is 2.84 bits per heavy atom. The largest absolute Gasteiger partial charge is 0.486 e. The molecule has 1 aliphatic heterocycles. The van der Waals surface area contributed by atoms with Crippen LogP contribution in [0.25, 0.3) is 0 Å². The lowest BCUT2D eigenvalue weighted by Gasteiger charge is -2.22. The zero-order valence-electron chi connectivity index (χ0n) is 10.9. The third-order valence-electron chi connectivity index (χ3n) is 3.27. The normalized spacial score (nSPS) is 16.1. The van der Waals surface area contributed by atoms with Gasteiger partial charge in [-0.2, -0.15) is 0 Å². The lowest BCUT2D eigenvalue weighted by atomic mass is 10.0. The Bertz CT molecular complexity index is 444. The zero-order chi connectivity index (χ0) is 13.7. The third kappa shape index (κ3) is 3.35. The molecule has 1 aromatic carbocycles. The molecule has 0 aliphatic carbocycles. The first-order chi connectivity index (χ1) is 9.22. The number of nitrogens with one attached hydrogen (secondary N) is 1. The van der Waals surface area contributed by atoms with E-state index in [0.717, 1.165) is 26.1 Å². The quantitative estimate of drug-likeness (QED) is 0.654. The lowest BCUT2D eigenvalue weighted by molar-refractivity contribution is -0.385. The number of hydrogen-bond acceptors (Lipinski definition) is 5. The van der Waals surface area contributed by atoms with E-state index >= 15 is 0 Å². The van der Waals surface area contributed by atoms with Crippen molar-refractivity contribution in [3.8, 4) is 5.75 Å². The monoisotopic (exact) mass is 266 g/mol. The van der Waals surface area contributed by atoms with Crippen LogP contribution in [0.2, 0.25) is 0 Å². The molecule has 0 bridgehead atoms. The molecule has 1 aliphatic rings. The Kier molecular flexibility index (Phi) is 4.57. The molecule has 0 atom stereocenters. The molecule has 6 heteroatoms. The van der Waals surface area contributed by atoms with Crippen LogP contribution in [-0.2, 0) is 4.74 Å². The van der Waals surface area contributed by atoms with E-state index in [2.05, 4.69) is 5.32 Å². The first-order valence-electron chi connectivity index (χ1n) is 6.38. The molecule has 2 rings (SSSR count). The van der Waals surface area contributed by atoms with Gasteiger partial charge in [-0.1, -0.05) is 6.07 Å². The lowest BCUT2D eigenvalue weighted by Crippen LogP contribution is -2.21. The summed E-state index contributed by atoms with van der Waals surface area (Å²) in [4.78, 5) is 10.7. The first kappa shape index (κ1) is 13.6. The fourth-order valence-corrected chi connectivity index (χ4v) is 2.15. The predicted octanol–water partition coefficient (Wildman–Crippen LogP) is 2.44. The average Bonchev–Trinajstić information content (AvgIpc) is 2.45. The fourth-order valence-electron chi connectivity index (χ4n) is 2.15. The van der Waals surface area contributed by atoms with Crippen molar-refractivity contribution in [2.24, 2.45) is 5.92 Å². The molecule has 0 spiro atoms. The van der Waals surface area contributed by atoms with Gasteiger partial charge >= 0.3 is 5.69 Å². The second-order valence-corrected chi connectivity index (χ2v) is 4.53. The van der Waals surface area contributed by atoms with Crippen LogP contribution >= 0.6 is 0 Å². The summed E-state index contributed by atoms with van der Waals surface area (Å²) in [5.74, 6) is 0.731. The van der Waals surface area contributed by atoms with Crippen LogP contribution in [0.1, 0.15) is 12.8 Å². The second-order valence-electron chi connectivity index (χ2n) is 4.53. The van der Waals surface area contributed by atoms with Gasteiger partial charge in [-0.15, -0.1) is 0 Å². The van der Waals surface area contributed by atoms with Crippen LogP contribution < -0.4 is 10.1 Å². The summed E-state index contributed by atoms with van der Waals surface area (Å²) in [5.41, 5.74) is 0.464. The molecule has 0 unspecified atom stereocenters. The minimum absolute atomic E-state index is 0.00272. The molecule has 6 nitrogen and oxygen atoms in total. The minimum atomic E-state index is -0.412. The van der Waals surface area contributed by atoms with Gasteiger partial charge in [0.15, 0.2) is 5.75 Å². The van der Waals surface area contributed by atoms with Crippen molar-refractivity contribution in [3.05, 3.63) is 28.3 Å². The van der Waals surface area contributed by atoms with Crippen molar-refractivity contribution in [2.45, 2.75) is 12.8 Å². The molecule has 0 radical (unpaired) electrons. The SMILES string of the molecule is CNc1cccc(OCC2CCOCC2)c1[N+](=O)[O-]. The van der Waals surface area contributed by atoms with E-state index in [1.54, 1.807) is 25.2 Å². The molecule has 0 aromatic heterocycles. The summed E-state index contributed by atoms with van der Waals surface area (Å²) >= 11 is 0. The molecule has 1 N–H and O–H groups in total. The fraction of sp³-hybridized carbons (Fsp3) is 0.538. The maximum atomic E-state index is 11.1. The van der Waals surface area contributed by atoms with Gasteiger partial charge in [-0.25, -0.2) is 0 Å². The number of ether oxygens (including phenoxy) is 2. The number of hydrogen-bond donors (Lipinski definition) is 1. The Hall–Kier alpha value is -1.82. The number of para-hydroxylation sites is 1. The van der Waals surface area contributed by atoms with Gasteiger partial charge < -0.3 is 14.8 Å². The van der Waals surface area contributed by atoms with E-state index in [-0.39, 0.29) is 5.69 Å². The highest BCUT2D eigenvalue weighted by molar-refractivity contribution is 5.68. The summed E-state index contributed by atoms with van der Waals surface area (Å²) in [7, 11) is 1.66. The van der Waals surface area contributed by atoms with Crippen molar-refractivity contribution in [1.82, 2.24) is 0 Å². The standard InChI is InChI=1S/C13H18N2O4/c1-14-11-3-2-4-12(13(11)15(16)17)19-9-10-5-7-18-8-6-10/h2-4,10,14H,5-9H2,1H3. The van der Waals surface area contributed by atoms with Crippen molar-refractivity contribution >= 4 is 11.4 Å². The van der Waals surface area contributed by atoms with Gasteiger partial charge in [0, 0.05) is 20.3 Å². The highest BCUT2D eigenvalue weighted by Crippen LogP contribution is 2.34. The Morgan fingerprint density at radius 2 is 2.21 bits per heavy atom. The number of nitrogens with zero attached hydrogens (tertiary/aromatic N) is 1.